The molecule has 1 aliphatic heterocycles. The number of hydrogen-bond acceptors (Lipinski definition) is 2. The lowest BCUT2D eigenvalue weighted by Crippen LogP contribution is -2.33. The molecule has 2 nitrogen and oxygen atoms in total. The average molecular weight is 240 g/mol. The number of halogens is 1. The van der Waals surface area contributed by atoms with Crippen molar-refractivity contribution in [2.75, 3.05) is 13.1 Å². The number of aliphatic hydroxyl groups is 1. The maximum Gasteiger partial charge on any atom is 0.0830 e. The molecule has 0 radical (unpaired) electrons. The number of benzene rings is 1. The first-order valence-electron chi connectivity index (χ1n) is 5.83. The number of aliphatic hydroxyl groups excluding tert-OH is 1. The van der Waals surface area contributed by atoms with E-state index in [0.29, 0.717) is 5.92 Å². The Morgan fingerprint density at radius 3 is 2.94 bits per heavy atom. The van der Waals surface area contributed by atoms with Crippen LogP contribution >= 0.6 is 11.6 Å². The van der Waals surface area contributed by atoms with Crippen LogP contribution in [-0.2, 0) is 0 Å². The summed E-state index contributed by atoms with van der Waals surface area (Å²) in [5.41, 5.74) is 1.99. The van der Waals surface area contributed by atoms with Crippen LogP contribution in [0.15, 0.2) is 18.2 Å². The summed E-state index contributed by atoms with van der Waals surface area (Å²) >= 11 is 6.07. The van der Waals surface area contributed by atoms with E-state index in [1.807, 2.05) is 25.1 Å². The van der Waals surface area contributed by atoms with E-state index in [1.165, 1.54) is 0 Å². The molecule has 2 rings (SSSR count). The van der Waals surface area contributed by atoms with E-state index in [1.54, 1.807) is 0 Å². The molecule has 2 atom stereocenters. The van der Waals surface area contributed by atoms with Crippen LogP contribution in [-0.4, -0.2) is 18.2 Å². The van der Waals surface area contributed by atoms with E-state index in [9.17, 15) is 5.11 Å². The lowest BCUT2D eigenvalue weighted by Gasteiger charge is -2.27. The number of hydrogen-bond donors (Lipinski definition) is 2. The highest BCUT2D eigenvalue weighted by Crippen LogP contribution is 2.29. The summed E-state index contributed by atoms with van der Waals surface area (Å²) < 4.78 is 0. The predicted molar refractivity (Wildman–Crippen MR) is 66.7 cm³/mol. The minimum atomic E-state index is -0.397. The van der Waals surface area contributed by atoms with Gasteiger partial charge in [-0.1, -0.05) is 23.7 Å². The Kier molecular flexibility index (Phi) is 3.85. The third kappa shape index (κ3) is 2.57. The van der Waals surface area contributed by atoms with E-state index >= 15 is 0 Å². The first-order valence-corrected chi connectivity index (χ1v) is 6.21. The van der Waals surface area contributed by atoms with E-state index in [4.69, 9.17) is 11.6 Å². The summed E-state index contributed by atoms with van der Waals surface area (Å²) in [5.74, 6) is 0.313. The van der Waals surface area contributed by atoms with Gasteiger partial charge in [0.25, 0.3) is 0 Å². The van der Waals surface area contributed by atoms with Crippen LogP contribution in [0, 0.1) is 12.8 Å². The highest BCUT2D eigenvalue weighted by atomic mass is 35.5. The first kappa shape index (κ1) is 11.9. The van der Waals surface area contributed by atoms with Crippen LogP contribution in [0.2, 0.25) is 5.02 Å². The molecule has 1 heterocycles. The lowest BCUT2D eigenvalue weighted by molar-refractivity contribution is 0.0922. The Bertz CT molecular complexity index is 361. The van der Waals surface area contributed by atoms with Gasteiger partial charge in [0.15, 0.2) is 0 Å². The van der Waals surface area contributed by atoms with Crippen molar-refractivity contribution in [3.63, 3.8) is 0 Å². The second-order valence-electron chi connectivity index (χ2n) is 4.56. The van der Waals surface area contributed by atoms with Crippen LogP contribution in [0.5, 0.6) is 0 Å². The molecule has 1 saturated heterocycles. The van der Waals surface area contributed by atoms with E-state index in [-0.39, 0.29) is 0 Å². The van der Waals surface area contributed by atoms with Gasteiger partial charge in [-0.05, 0) is 43.5 Å². The highest BCUT2D eigenvalue weighted by molar-refractivity contribution is 6.31. The molecule has 1 aromatic rings. The fourth-order valence-electron chi connectivity index (χ4n) is 2.21. The maximum absolute atomic E-state index is 10.3. The molecule has 0 bridgehead atoms. The van der Waals surface area contributed by atoms with Crippen LogP contribution in [0.25, 0.3) is 0 Å². The minimum absolute atomic E-state index is 0.313. The molecule has 0 spiro atoms. The van der Waals surface area contributed by atoms with Gasteiger partial charge >= 0.3 is 0 Å². The topological polar surface area (TPSA) is 32.3 Å². The highest BCUT2D eigenvalue weighted by Gasteiger charge is 2.23. The van der Waals surface area contributed by atoms with Crippen LogP contribution in [0.4, 0.5) is 0 Å². The molecule has 2 N–H and O–H groups in total. The largest absolute Gasteiger partial charge is 0.388 e. The molecule has 3 heteroatoms. The standard InChI is InChI=1S/C13H18ClNO/c1-9-4-5-10(7-12(9)14)13(16)11-3-2-6-15-8-11/h4-5,7,11,13,15-16H,2-3,6,8H2,1H3. The Balaban J connectivity index is 2.12. The average Bonchev–Trinajstić information content (AvgIpc) is 2.33. The molecule has 1 fully saturated rings. The summed E-state index contributed by atoms with van der Waals surface area (Å²) in [6.45, 7) is 3.94. The number of nitrogens with one attached hydrogen (secondary N) is 1. The Morgan fingerprint density at radius 1 is 1.50 bits per heavy atom. The summed E-state index contributed by atoms with van der Waals surface area (Å²) in [7, 11) is 0. The number of rotatable bonds is 2. The molecule has 0 amide bonds. The quantitative estimate of drug-likeness (QED) is 0.832. The van der Waals surface area contributed by atoms with E-state index in [0.717, 1.165) is 42.1 Å². The fraction of sp³-hybridized carbons (Fsp3) is 0.538. The zero-order valence-corrected chi connectivity index (χ0v) is 10.3. The van der Waals surface area contributed by atoms with Crippen molar-refractivity contribution in [3.8, 4) is 0 Å². The minimum Gasteiger partial charge on any atom is -0.388 e. The normalized spacial score (nSPS) is 23.1. The van der Waals surface area contributed by atoms with Crippen LogP contribution < -0.4 is 5.32 Å². The molecular weight excluding hydrogens is 222 g/mol. The molecule has 0 aliphatic carbocycles. The lowest BCUT2D eigenvalue weighted by atomic mass is 9.89. The molecule has 1 aromatic carbocycles. The number of aryl methyl sites for hydroxylation is 1. The zero-order chi connectivity index (χ0) is 11.5. The SMILES string of the molecule is Cc1ccc(C(O)C2CCCNC2)cc1Cl. The first-order chi connectivity index (χ1) is 7.68. The molecular formula is C13H18ClNO. The summed E-state index contributed by atoms with van der Waals surface area (Å²) in [6, 6.07) is 5.83. The predicted octanol–water partition coefficient (Wildman–Crippen LogP) is 2.68. The Morgan fingerprint density at radius 2 is 2.31 bits per heavy atom. The monoisotopic (exact) mass is 239 g/mol. The molecule has 0 aromatic heterocycles. The second kappa shape index (κ2) is 5.17. The third-order valence-corrected chi connectivity index (χ3v) is 3.73. The summed E-state index contributed by atoms with van der Waals surface area (Å²) in [5, 5.41) is 14.3. The van der Waals surface area contributed by atoms with Gasteiger partial charge in [-0.2, -0.15) is 0 Å². The number of piperidine rings is 1. The smallest absolute Gasteiger partial charge is 0.0830 e. The van der Waals surface area contributed by atoms with Crippen molar-refractivity contribution >= 4 is 11.6 Å². The van der Waals surface area contributed by atoms with Crippen molar-refractivity contribution in [1.29, 1.82) is 0 Å². The van der Waals surface area contributed by atoms with Crippen LogP contribution in [0.1, 0.15) is 30.1 Å². The van der Waals surface area contributed by atoms with Crippen molar-refractivity contribution in [2.45, 2.75) is 25.9 Å². The maximum atomic E-state index is 10.3. The molecule has 0 saturated carbocycles. The van der Waals surface area contributed by atoms with E-state index in [2.05, 4.69) is 5.32 Å². The van der Waals surface area contributed by atoms with Crippen molar-refractivity contribution < 1.29 is 5.11 Å². The van der Waals surface area contributed by atoms with Gasteiger partial charge in [0.05, 0.1) is 6.10 Å². The summed E-state index contributed by atoms with van der Waals surface area (Å²) in [6.07, 6.45) is 1.83. The third-order valence-electron chi connectivity index (χ3n) is 3.32. The van der Waals surface area contributed by atoms with Crippen molar-refractivity contribution in [1.82, 2.24) is 5.32 Å². The van der Waals surface area contributed by atoms with Gasteiger partial charge in [-0.3, -0.25) is 0 Å². The fourth-order valence-corrected chi connectivity index (χ4v) is 2.40. The summed E-state index contributed by atoms with van der Waals surface area (Å²) in [4.78, 5) is 0. The second-order valence-corrected chi connectivity index (χ2v) is 4.97. The van der Waals surface area contributed by atoms with E-state index < -0.39 is 6.10 Å². The molecule has 88 valence electrons. The Labute approximate surface area is 102 Å². The van der Waals surface area contributed by atoms with Crippen molar-refractivity contribution in [3.05, 3.63) is 34.3 Å². The van der Waals surface area contributed by atoms with Gasteiger partial charge < -0.3 is 10.4 Å². The molecule has 2 unspecified atom stereocenters. The van der Waals surface area contributed by atoms with Crippen molar-refractivity contribution in [2.24, 2.45) is 5.92 Å². The van der Waals surface area contributed by atoms with Crippen LogP contribution in [0.3, 0.4) is 0 Å². The van der Waals surface area contributed by atoms with Gasteiger partial charge in [0.2, 0.25) is 0 Å². The molecule has 1 aliphatic rings. The van der Waals surface area contributed by atoms with Gasteiger partial charge in [-0.25, -0.2) is 0 Å². The van der Waals surface area contributed by atoms with Gasteiger partial charge in [-0.15, -0.1) is 0 Å². The zero-order valence-electron chi connectivity index (χ0n) is 9.54. The molecule has 16 heavy (non-hydrogen) atoms. The van der Waals surface area contributed by atoms with Gasteiger partial charge in [0.1, 0.15) is 0 Å². The Hall–Kier alpha value is -0.570. The van der Waals surface area contributed by atoms with Gasteiger partial charge in [0, 0.05) is 17.5 Å².